The first-order valence-electron chi connectivity index (χ1n) is 10.3. The van der Waals surface area contributed by atoms with Gasteiger partial charge < -0.3 is 15.4 Å². The van der Waals surface area contributed by atoms with E-state index in [2.05, 4.69) is 20.7 Å². The largest absolute Gasteiger partial charge is 0.479 e. The standard InChI is InChI=1S/C21H31N5O3/c1-13-16(14(2)23-20-19(13)21(29-4)25-26(20)3)9-10-17(27)22-12-11-18(28)24-15-7-5-6-8-15/h15H,5-12H2,1-4H3,(H,22,27)(H,24,28). The highest BCUT2D eigenvalue weighted by atomic mass is 16.5. The van der Waals surface area contributed by atoms with Gasteiger partial charge >= 0.3 is 0 Å². The summed E-state index contributed by atoms with van der Waals surface area (Å²) in [6.45, 7) is 4.33. The van der Waals surface area contributed by atoms with Crippen molar-refractivity contribution in [2.45, 2.75) is 64.8 Å². The van der Waals surface area contributed by atoms with Crippen molar-refractivity contribution >= 4 is 22.8 Å². The number of amides is 2. The van der Waals surface area contributed by atoms with E-state index in [0.29, 0.717) is 37.7 Å². The summed E-state index contributed by atoms with van der Waals surface area (Å²) in [5.41, 5.74) is 3.75. The van der Waals surface area contributed by atoms with Crippen molar-refractivity contribution in [2.75, 3.05) is 13.7 Å². The predicted molar refractivity (Wildman–Crippen MR) is 111 cm³/mol. The van der Waals surface area contributed by atoms with Gasteiger partial charge in [0.1, 0.15) is 0 Å². The Morgan fingerprint density at radius 2 is 1.90 bits per heavy atom. The van der Waals surface area contributed by atoms with Gasteiger partial charge in [0.05, 0.1) is 12.5 Å². The Morgan fingerprint density at radius 1 is 1.17 bits per heavy atom. The summed E-state index contributed by atoms with van der Waals surface area (Å²) in [4.78, 5) is 28.8. The van der Waals surface area contributed by atoms with Crippen LogP contribution in [0.3, 0.4) is 0 Å². The average Bonchev–Trinajstić information content (AvgIpc) is 3.29. The topological polar surface area (TPSA) is 98.1 Å². The molecule has 2 amide bonds. The maximum Gasteiger partial charge on any atom is 0.242 e. The Hall–Kier alpha value is -2.64. The highest BCUT2D eigenvalue weighted by molar-refractivity contribution is 5.86. The van der Waals surface area contributed by atoms with Crippen LogP contribution in [0.2, 0.25) is 0 Å². The van der Waals surface area contributed by atoms with Crippen LogP contribution in [-0.4, -0.2) is 46.3 Å². The fraction of sp³-hybridized carbons (Fsp3) is 0.619. The highest BCUT2D eigenvalue weighted by Gasteiger charge is 2.19. The SMILES string of the molecule is COc1nn(C)c2nc(C)c(CCC(=O)NCCC(=O)NC3CCCC3)c(C)c12. The number of methoxy groups -OCH3 is 1. The zero-order chi connectivity index (χ0) is 21.0. The zero-order valence-electron chi connectivity index (χ0n) is 17.8. The molecule has 0 aliphatic heterocycles. The number of aromatic nitrogens is 3. The fourth-order valence-electron chi connectivity index (χ4n) is 4.12. The second-order valence-electron chi connectivity index (χ2n) is 7.78. The summed E-state index contributed by atoms with van der Waals surface area (Å²) >= 11 is 0. The van der Waals surface area contributed by atoms with E-state index in [-0.39, 0.29) is 11.8 Å². The highest BCUT2D eigenvalue weighted by Crippen LogP contribution is 2.30. The normalized spacial score (nSPS) is 14.3. The number of aryl methyl sites for hydroxylation is 3. The molecule has 8 nitrogen and oxygen atoms in total. The number of hydrogen-bond acceptors (Lipinski definition) is 5. The van der Waals surface area contributed by atoms with Gasteiger partial charge in [0.2, 0.25) is 17.7 Å². The molecule has 1 aliphatic rings. The number of carbonyl (C=O) groups is 2. The Balaban J connectivity index is 1.53. The molecule has 29 heavy (non-hydrogen) atoms. The van der Waals surface area contributed by atoms with Crippen LogP contribution < -0.4 is 15.4 Å². The molecule has 158 valence electrons. The molecule has 1 saturated carbocycles. The molecule has 3 rings (SSSR count). The van der Waals surface area contributed by atoms with Gasteiger partial charge in [0, 0.05) is 38.2 Å². The molecule has 0 spiro atoms. The first kappa shape index (κ1) is 21.1. The molecule has 0 bridgehead atoms. The number of pyridine rings is 1. The van der Waals surface area contributed by atoms with Crippen LogP contribution in [0.5, 0.6) is 5.88 Å². The van der Waals surface area contributed by atoms with Gasteiger partial charge in [-0.25, -0.2) is 9.67 Å². The summed E-state index contributed by atoms with van der Waals surface area (Å²) in [7, 11) is 3.43. The molecule has 0 atom stereocenters. The lowest BCUT2D eigenvalue weighted by atomic mass is 10.00. The van der Waals surface area contributed by atoms with E-state index >= 15 is 0 Å². The van der Waals surface area contributed by atoms with Crippen LogP contribution in [0.25, 0.3) is 11.0 Å². The Morgan fingerprint density at radius 3 is 2.59 bits per heavy atom. The summed E-state index contributed by atoms with van der Waals surface area (Å²) in [5, 5.41) is 11.1. The lowest BCUT2D eigenvalue weighted by Gasteiger charge is -2.13. The van der Waals surface area contributed by atoms with E-state index in [9.17, 15) is 9.59 Å². The molecule has 2 aromatic heterocycles. The molecular formula is C21H31N5O3. The lowest BCUT2D eigenvalue weighted by Crippen LogP contribution is -2.35. The van der Waals surface area contributed by atoms with Crippen molar-refractivity contribution in [3.63, 3.8) is 0 Å². The molecular weight excluding hydrogens is 370 g/mol. The van der Waals surface area contributed by atoms with E-state index < -0.39 is 0 Å². The van der Waals surface area contributed by atoms with Crippen molar-refractivity contribution in [3.8, 4) is 5.88 Å². The molecule has 1 aliphatic carbocycles. The monoisotopic (exact) mass is 401 g/mol. The number of hydrogen-bond donors (Lipinski definition) is 2. The van der Waals surface area contributed by atoms with Gasteiger partial charge in [-0.1, -0.05) is 12.8 Å². The number of nitrogens with zero attached hydrogens (tertiary/aromatic N) is 3. The number of carbonyl (C=O) groups excluding carboxylic acids is 2. The molecule has 2 heterocycles. The van der Waals surface area contributed by atoms with Crippen LogP contribution in [0.15, 0.2) is 0 Å². The molecule has 0 unspecified atom stereocenters. The number of ether oxygens (including phenoxy) is 1. The fourth-order valence-corrected chi connectivity index (χ4v) is 4.12. The number of fused-ring (bicyclic) bond motifs is 1. The van der Waals surface area contributed by atoms with Crippen LogP contribution in [0.4, 0.5) is 0 Å². The van der Waals surface area contributed by atoms with Gasteiger partial charge in [0.15, 0.2) is 5.65 Å². The van der Waals surface area contributed by atoms with Gasteiger partial charge in [0.25, 0.3) is 0 Å². The number of nitrogens with one attached hydrogen (secondary N) is 2. The maximum absolute atomic E-state index is 12.3. The second-order valence-corrected chi connectivity index (χ2v) is 7.78. The third-order valence-corrected chi connectivity index (χ3v) is 5.71. The molecule has 0 aromatic carbocycles. The zero-order valence-corrected chi connectivity index (χ0v) is 17.8. The van der Waals surface area contributed by atoms with Crippen molar-refractivity contribution in [1.29, 1.82) is 0 Å². The van der Waals surface area contributed by atoms with Gasteiger partial charge in [-0.05, 0) is 44.2 Å². The van der Waals surface area contributed by atoms with Crippen molar-refractivity contribution < 1.29 is 14.3 Å². The summed E-state index contributed by atoms with van der Waals surface area (Å²) in [6, 6.07) is 0.316. The molecule has 2 N–H and O–H groups in total. The molecule has 2 aromatic rings. The molecule has 8 heteroatoms. The van der Waals surface area contributed by atoms with Crippen molar-refractivity contribution in [1.82, 2.24) is 25.4 Å². The van der Waals surface area contributed by atoms with E-state index in [1.807, 2.05) is 20.9 Å². The quantitative estimate of drug-likeness (QED) is 0.706. The van der Waals surface area contributed by atoms with Crippen LogP contribution >= 0.6 is 0 Å². The first-order valence-corrected chi connectivity index (χ1v) is 10.3. The van der Waals surface area contributed by atoms with E-state index in [4.69, 9.17) is 4.74 Å². The van der Waals surface area contributed by atoms with E-state index in [1.54, 1.807) is 11.8 Å². The second kappa shape index (κ2) is 9.24. The van der Waals surface area contributed by atoms with Gasteiger partial charge in [-0.3, -0.25) is 9.59 Å². The average molecular weight is 402 g/mol. The third-order valence-electron chi connectivity index (χ3n) is 5.71. The van der Waals surface area contributed by atoms with Crippen LogP contribution in [-0.2, 0) is 23.1 Å². The van der Waals surface area contributed by atoms with Crippen molar-refractivity contribution in [2.24, 2.45) is 7.05 Å². The van der Waals surface area contributed by atoms with E-state index in [0.717, 1.165) is 40.7 Å². The molecule has 0 saturated heterocycles. The number of rotatable bonds is 8. The summed E-state index contributed by atoms with van der Waals surface area (Å²) in [6.07, 6.45) is 5.76. The minimum atomic E-state index is -0.0595. The molecule has 1 fully saturated rings. The first-order chi connectivity index (χ1) is 13.9. The predicted octanol–water partition coefficient (Wildman–Crippen LogP) is 2.09. The Labute approximate surface area is 171 Å². The Bertz CT molecular complexity index is 900. The minimum absolute atomic E-state index is 0.0159. The maximum atomic E-state index is 12.3. The van der Waals surface area contributed by atoms with E-state index in [1.165, 1.54) is 12.8 Å². The Kier molecular flexibility index (Phi) is 6.71. The van der Waals surface area contributed by atoms with Crippen LogP contribution in [0.1, 0.15) is 55.3 Å². The van der Waals surface area contributed by atoms with Gasteiger partial charge in [-0.2, -0.15) is 0 Å². The van der Waals surface area contributed by atoms with Crippen LogP contribution in [0, 0.1) is 13.8 Å². The smallest absolute Gasteiger partial charge is 0.242 e. The lowest BCUT2D eigenvalue weighted by molar-refractivity contribution is -0.122. The van der Waals surface area contributed by atoms with Gasteiger partial charge in [-0.15, -0.1) is 5.10 Å². The summed E-state index contributed by atoms with van der Waals surface area (Å²) in [5.74, 6) is 0.504. The minimum Gasteiger partial charge on any atom is -0.479 e. The third kappa shape index (κ3) is 4.86. The molecule has 0 radical (unpaired) electrons. The van der Waals surface area contributed by atoms with Crippen molar-refractivity contribution in [3.05, 3.63) is 16.8 Å². The summed E-state index contributed by atoms with van der Waals surface area (Å²) < 4.78 is 7.09.